The third kappa shape index (κ3) is 3.65. The number of hydrogen-bond acceptors (Lipinski definition) is 3. The number of para-hydroxylation sites is 1. The van der Waals surface area contributed by atoms with Crippen molar-refractivity contribution in [1.82, 2.24) is 20.4 Å². The van der Waals surface area contributed by atoms with Gasteiger partial charge in [-0.15, -0.1) is 0 Å². The molecule has 138 valence electrons. The molecule has 0 fully saturated rings. The predicted octanol–water partition coefficient (Wildman–Crippen LogP) is 4.30. The molecule has 2 aromatic carbocycles. The predicted molar refractivity (Wildman–Crippen MR) is 103 cm³/mol. The van der Waals surface area contributed by atoms with Crippen LogP contribution in [0.1, 0.15) is 25.1 Å². The van der Waals surface area contributed by atoms with E-state index in [1.54, 1.807) is 4.90 Å². The maximum Gasteiger partial charge on any atom is 0.318 e. The van der Waals surface area contributed by atoms with Gasteiger partial charge in [-0.05, 0) is 50.2 Å². The zero-order valence-electron chi connectivity index (χ0n) is 15.4. The zero-order chi connectivity index (χ0) is 18.8. The first-order valence-corrected chi connectivity index (χ1v) is 9.05. The van der Waals surface area contributed by atoms with Gasteiger partial charge >= 0.3 is 6.03 Å². The first-order valence-electron chi connectivity index (χ1n) is 9.05. The van der Waals surface area contributed by atoms with Crippen molar-refractivity contribution >= 4 is 6.03 Å². The molecule has 27 heavy (non-hydrogen) atoms. The molecular formula is C21H22N4O2. The third-order valence-electron chi connectivity index (χ3n) is 4.46. The van der Waals surface area contributed by atoms with Crippen LogP contribution >= 0.6 is 0 Å². The van der Waals surface area contributed by atoms with Gasteiger partial charge in [-0.25, -0.2) is 4.79 Å². The van der Waals surface area contributed by atoms with Gasteiger partial charge in [-0.2, -0.15) is 5.10 Å². The van der Waals surface area contributed by atoms with E-state index in [4.69, 9.17) is 4.74 Å². The number of carbonyl (C=O) groups excluding carboxylic acids is 1. The second-order valence-corrected chi connectivity index (χ2v) is 6.93. The summed E-state index contributed by atoms with van der Waals surface area (Å²) in [6.07, 6.45) is 0. The van der Waals surface area contributed by atoms with E-state index in [0.29, 0.717) is 13.1 Å². The Hall–Kier alpha value is -3.28. The van der Waals surface area contributed by atoms with Crippen molar-refractivity contribution in [3.63, 3.8) is 0 Å². The minimum absolute atomic E-state index is 0.0489. The average Bonchev–Trinajstić information content (AvgIpc) is 3.24. The van der Waals surface area contributed by atoms with Gasteiger partial charge in [0.2, 0.25) is 0 Å². The summed E-state index contributed by atoms with van der Waals surface area (Å²) in [7, 11) is 0. The van der Waals surface area contributed by atoms with Crippen molar-refractivity contribution in [3.05, 3.63) is 65.9 Å². The van der Waals surface area contributed by atoms with Gasteiger partial charge in [-0.1, -0.05) is 18.2 Å². The number of fused-ring (bicyclic) bond motifs is 1. The highest BCUT2D eigenvalue weighted by Crippen LogP contribution is 2.32. The number of nitrogens with zero attached hydrogens (tertiary/aromatic N) is 2. The van der Waals surface area contributed by atoms with Crippen LogP contribution in [-0.4, -0.2) is 27.2 Å². The van der Waals surface area contributed by atoms with E-state index >= 15 is 0 Å². The highest BCUT2D eigenvalue weighted by atomic mass is 16.5. The maximum atomic E-state index is 12.3. The molecule has 2 N–H and O–H groups in total. The van der Waals surface area contributed by atoms with Crippen LogP contribution in [-0.2, 0) is 13.1 Å². The summed E-state index contributed by atoms with van der Waals surface area (Å²) in [5, 5.41) is 10.5. The maximum absolute atomic E-state index is 12.3. The lowest BCUT2D eigenvalue weighted by Crippen LogP contribution is -2.40. The Morgan fingerprint density at radius 2 is 1.78 bits per heavy atom. The topological polar surface area (TPSA) is 70.2 Å². The molecule has 0 spiro atoms. The van der Waals surface area contributed by atoms with E-state index in [0.717, 1.165) is 34.0 Å². The second kappa shape index (κ2) is 7.15. The van der Waals surface area contributed by atoms with Gasteiger partial charge in [-0.3, -0.25) is 5.10 Å². The largest absolute Gasteiger partial charge is 0.457 e. The van der Waals surface area contributed by atoms with Crippen LogP contribution in [0.4, 0.5) is 4.79 Å². The number of nitrogens with one attached hydrogen (secondary N) is 2. The molecule has 2 heterocycles. The number of hydrogen-bond donors (Lipinski definition) is 2. The second-order valence-electron chi connectivity index (χ2n) is 6.93. The monoisotopic (exact) mass is 362 g/mol. The molecule has 0 radical (unpaired) electrons. The highest BCUT2D eigenvalue weighted by molar-refractivity contribution is 5.76. The zero-order valence-corrected chi connectivity index (χ0v) is 15.4. The van der Waals surface area contributed by atoms with E-state index in [9.17, 15) is 4.79 Å². The quantitative estimate of drug-likeness (QED) is 0.727. The normalized spacial score (nSPS) is 12.9. The standard InChI is InChI=1S/C21H22N4O2/c1-14(2)22-21(26)25-12-18-19(13-25)23-24-20(18)15-8-10-17(11-9-15)27-16-6-4-3-5-7-16/h3-11,14H,12-13H2,1-2H3,(H,22,26)(H,23,24). The number of aromatic nitrogens is 2. The van der Waals surface area contributed by atoms with Crippen molar-refractivity contribution in [2.45, 2.75) is 33.0 Å². The summed E-state index contributed by atoms with van der Waals surface area (Å²) in [6.45, 7) is 5.02. The van der Waals surface area contributed by atoms with Crippen LogP contribution in [0.25, 0.3) is 11.3 Å². The summed E-state index contributed by atoms with van der Waals surface area (Å²) >= 11 is 0. The van der Waals surface area contributed by atoms with Crippen LogP contribution in [0.15, 0.2) is 54.6 Å². The first kappa shape index (κ1) is 17.1. The Kier molecular flexibility index (Phi) is 4.54. The molecule has 0 atom stereocenters. The molecule has 3 aromatic rings. The average molecular weight is 362 g/mol. The van der Waals surface area contributed by atoms with E-state index in [-0.39, 0.29) is 12.1 Å². The Morgan fingerprint density at radius 3 is 2.48 bits per heavy atom. The fourth-order valence-electron chi connectivity index (χ4n) is 3.17. The van der Waals surface area contributed by atoms with E-state index < -0.39 is 0 Å². The van der Waals surface area contributed by atoms with Crippen LogP contribution in [0.2, 0.25) is 0 Å². The number of aromatic amines is 1. The van der Waals surface area contributed by atoms with Gasteiger partial charge in [0.25, 0.3) is 0 Å². The van der Waals surface area contributed by atoms with Crippen LogP contribution < -0.4 is 10.1 Å². The smallest absolute Gasteiger partial charge is 0.318 e. The minimum Gasteiger partial charge on any atom is -0.457 e. The number of amides is 2. The molecular weight excluding hydrogens is 340 g/mol. The molecule has 1 aliphatic rings. The molecule has 0 saturated carbocycles. The molecule has 1 aromatic heterocycles. The minimum atomic E-state index is -0.0489. The first-order chi connectivity index (χ1) is 13.1. The lowest BCUT2D eigenvalue weighted by molar-refractivity contribution is 0.195. The Bertz CT molecular complexity index is 933. The van der Waals surface area contributed by atoms with Crippen LogP contribution in [0, 0.1) is 0 Å². The fraction of sp³-hybridized carbons (Fsp3) is 0.238. The molecule has 0 aliphatic carbocycles. The van der Waals surface area contributed by atoms with Crippen molar-refractivity contribution in [2.75, 3.05) is 0 Å². The molecule has 1 aliphatic heterocycles. The number of urea groups is 1. The van der Waals surface area contributed by atoms with Gasteiger partial charge < -0.3 is 15.0 Å². The summed E-state index contributed by atoms with van der Waals surface area (Å²) < 4.78 is 5.84. The molecule has 0 bridgehead atoms. The summed E-state index contributed by atoms with van der Waals surface area (Å²) in [5.74, 6) is 1.58. The molecule has 2 amide bonds. The summed E-state index contributed by atoms with van der Waals surface area (Å²) in [5.41, 5.74) is 3.95. The van der Waals surface area contributed by atoms with E-state index in [2.05, 4.69) is 15.5 Å². The van der Waals surface area contributed by atoms with Crippen LogP contribution in [0.5, 0.6) is 11.5 Å². The van der Waals surface area contributed by atoms with Gasteiger partial charge in [0.1, 0.15) is 11.5 Å². The van der Waals surface area contributed by atoms with Crippen molar-refractivity contribution in [2.24, 2.45) is 0 Å². The summed E-state index contributed by atoms with van der Waals surface area (Å²) in [6, 6.07) is 17.6. The summed E-state index contributed by atoms with van der Waals surface area (Å²) in [4.78, 5) is 14.0. The van der Waals surface area contributed by atoms with E-state index in [1.807, 2.05) is 68.4 Å². The molecule has 0 unspecified atom stereocenters. The molecule has 6 heteroatoms. The van der Waals surface area contributed by atoms with Crippen molar-refractivity contribution < 1.29 is 9.53 Å². The number of benzene rings is 2. The molecule has 0 saturated heterocycles. The van der Waals surface area contributed by atoms with Gasteiger partial charge in [0.15, 0.2) is 0 Å². The lowest BCUT2D eigenvalue weighted by Gasteiger charge is -2.18. The van der Waals surface area contributed by atoms with Crippen LogP contribution in [0.3, 0.4) is 0 Å². The SMILES string of the molecule is CC(C)NC(=O)N1Cc2[nH]nc(-c3ccc(Oc4ccccc4)cc3)c2C1. The highest BCUT2D eigenvalue weighted by Gasteiger charge is 2.28. The Labute approximate surface area is 158 Å². The van der Waals surface area contributed by atoms with Crippen molar-refractivity contribution in [3.8, 4) is 22.8 Å². The van der Waals surface area contributed by atoms with Gasteiger partial charge in [0, 0.05) is 17.2 Å². The number of rotatable bonds is 4. The Morgan fingerprint density at radius 1 is 1.07 bits per heavy atom. The fourth-order valence-corrected chi connectivity index (χ4v) is 3.17. The number of carbonyl (C=O) groups is 1. The third-order valence-corrected chi connectivity index (χ3v) is 4.46. The van der Waals surface area contributed by atoms with E-state index in [1.165, 1.54) is 0 Å². The number of ether oxygens (including phenoxy) is 1. The molecule has 4 rings (SSSR count). The number of H-pyrrole nitrogens is 1. The molecule has 6 nitrogen and oxygen atoms in total. The lowest BCUT2D eigenvalue weighted by atomic mass is 10.1. The van der Waals surface area contributed by atoms with Crippen molar-refractivity contribution in [1.29, 1.82) is 0 Å². The Balaban J connectivity index is 1.49. The van der Waals surface area contributed by atoms with Gasteiger partial charge in [0.05, 0.1) is 24.5 Å².